The number of hydrogen-bond donors (Lipinski definition) is 2. The fraction of sp³-hybridized carbons (Fsp3) is 0.286. The molecule has 5 heteroatoms. The van der Waals surface area contributed by atoms with Crippen LogP contribution in [0.4, 0.5) is 0 Å². The van der Waals surface area contributed by atoms with Crippen molar-refractivity contribution in [3.05, 3.63) is 23.0 Å². The fourth-order valence-corrected chi connectivity index (χ4v) is 0.776. The lowest BCUT2D eigenvalue weighted by atomic mass is 10.6. The predicted molar refractivity (Wildman–Crippen MR) is 45.9 cm³/mol. The van der Waals surface area contributed by atoms with Gasteiger partial charge in [0, 0.05) is 0 Å². The number of aromatic nitrogens is 4. The van der Waals surface area contributed by atoms with Crippen LogP contribution in [-0.2, 0) is 0 Å². The number of hydrogen-bond acceptors (Lipinski definition) is 3. The van der Waals surface area contributed by atoms with Crippen LogP contribution >= 0.6 is 0 Å². The Bertz CT molecular complexity index is 403. The number of H-pyrrole nitrogens is 2. The Morgan fingerprint density at radius 3 is 2.33 bits per heavy atom. The molecule has 0 aliphatic heterocycles. The molecule has 2 heterocycles. The van der Waals surface area contributed by atoms with Crippen LogP contribution in [0.2, 0.25) is 0 Å². The second kappa shape index (κ2) is 3.66. The van der Waals surface area contributed by atoms with Gasteiger partial charge in [-0.05, 0) is 0 Å². The summed E-state index contributed by atoms with van der Waals surface area (Å²) in [5.74, 6) is 0. The molecule has 12 heavy (non-hydrogen) atoms. The van der Waals surface area contributed by atoms with E-state index in [9.17, 15) is 4.79 Å². The van der Waals surface area contributed by atoms with E-state index in [1.807, 2.05) is 13.8 Å². The molecule has 2 aromatic heterocycles. The minimum Gasteiger partial charge on any atom is -0.339 e. The molecule has 0 radical (unpaired) electrons. The van der Waals surface area contributed by atoms with Gasteiger partial charge >= 0.3 is 0 Å². The minimum atomic E-state index is -0.192. The molecule has 0 unspecified atom stereocenters. The van der Waals surface area contributed by atoms with Gasteiger partial charge in [0.2, 0.25) is 0 Å². The molecule has 0 saturated carbocycles. The molecule has 2 rings (SSSR count). The average molecular weight is 166 g/mol. The topological polar surface area (TPSA) is 74.4 Å². The normalized spacial score (nSPS) is 9.17. The number of fused-ring (bicyclic) bond motifs is 1. The Hall–Kier alpha value is -1.65. The molecular formula is C7H10N4O. The first-order chi connectivity index (χ1) is 5.88. The van der Waals surface area contributed by atoms with E-state index in [1.165, 1.54) is 12.7 Å². The van der Waals surface area contributed by atoms with Crippen molar-refractivity contribution in [3.8, 4) is 0 Å². The third-order valence-corrected chi connectivity index (χ3v) is 1.23. The zero-order valence-electron chi connectivity index (χ0n) is 6.96. The number of nitrogens with one attached hydrogen (secondary N) is 2. The molecule has 0 bridgehead atoms. The van der Waals surface area contributed by atoms with Crippen molar-refractivity contribution in [2.24, 2.45) is 0 Å². The van der Waals surface area contributed by atoms with Crippen molar-refractivity contribution in [2.45, 2.75) is 13.8 Å². The number of nitrogens with zero attached hydrogens (tertiary/aromatic N) is 2. The Labute approximate surface area is 68.9 Å². The number of rotatable bonds is 0. The molecule has 0 aliphatic carbocycles. The summed E-state index contributed by atoms with van der Waals surface area (Å²) in [5.41, 5.74) is 0.675. The van der Waals surface area contributed by atoms with Crippen LogP contribution in [0.1, 0.15) is 13.8 Å². The quantitative estimate of drug-likeness (QED) is 0.604. The molecule has 0 aromatic carbocycles. The largest absolute Gasteiger partial charge is 0.339 e. The van der Waals surface area contributed by atoms with Gasteiger partial charge in [0.15, 0.2) is 11.2 Å². The Balaban J connectivity index is 0.000000336. The number of imidazole rings is 1. The van der Waals surface area contributed by atoms with Crippen LogP contribution < -0.4 is 5.56 Å². The first-order valence-electron chi connectivity index (χ1n) is 3.75. The van der Waals surface area contributed by atoms with E-state index in [4.69, 9.17) is 0 Å². The van der Waals surface area contributed by atoms with E-state index >= 15 is 0 Å². The van der Waals surface area contributed by atoms with Crippen LogP contribution in [0.3, 0.4) is 0 Å². The first kappa shape index (κ1) is 8.45. The van der Waals surface area contributed by atoms with Crippen LogP contribution in [0.5, 0.6) is 0 Å². The maximum Gasteiger partial charge on any atom is 0.276 e. The van der Waals surface area contributed by atoms with Crippen molar-refractivity contribution in [1.82, 2.24) is 19.9 Å². The van der Waals surface area contributed by atoms with E-state index in [-0.39, 0.29) is 5.56 Å². The number of aromatic amines is 2. The zero-order valence-corrected chi connectivity index (χ0v) is 6.96. The monoisotopic (exact) mass is 166 g/mol. The predicted octanol–water partition coefficient (Wildman–Crippen LogP) is 0.672. The molecule has 0 saturated heterocycles. The van der Waals surface area contributed by atoms with Gasteiger partial charge in [-0.3, -0.25) is 4.79 Å². The van der Waals surface area contributed by atoms with Gasteiger partial charge in [0.05, 0.1) is 12.7 Å². The Kier molecular flexibility index (Phi) is 2.57. The molecule has 5 nitrogen and oxygen atoms in total. The lowest BCUT2D eigenvalue weighted by Gasteiger charge is -1.81. The minimum absolute atomic E-state index is 0.192. The van der Waals surface area contributed by atoms with Crippen molar-refractivity contribution < 1.29 is 0 Å². The molecule has 64 valence electrons. The summed E-state index contributed by atoms with van der Waals surface area (Å²) in [6.45, 7) is 4.00. The zero-order chi connectivity index (χ0) is 8.97. The third-order valence-electron chi connectivity index (χ3n) is 1.23. The second-order valence-electron chi connectivity index (χ2n) is 1.83. The van der Waals surface area contributed by atoms with Crippen LogP contribution in [0.25, 0.3) is 11.2 Å². The summed E-state index contributed by atoms with van der Waals surface area (Å²) in [6.07, 6.45) is 2.76. The Morgan fingerprint density at radius 2 is 1.75 bits per heavy atom. The van der Waals surface area contributed by atoms with Gasteiger partial charge in [0.1, 0.15) is 0 Å². The highest BCUT2D eigenvalue weighted by molar-refractivity contribution is 5.67. The van der Waals surface area contributed by atoms with E-state index in [1.54, 1.807) is 0 Å². The van der Waals surface area contributed by atoms with Gasteiger partial charge in [0.25, 0.3) is 5.56 Å². The molecule has 0 aliphatic rings. The summed E-state index contributed by atoms with van der Waals surface area (Å²) in [6, 6.07) is 0. The van der Waals surface area contributed by atoms with Crippen LogP contribution in [0.15, 0.2) is 17.4 Å². The molecule has 0 atom stereocenters. The van der Waals surface area contributed by atoms with Crippen LogP contribution in [-0.4, -0.2) is 19.9 Å². The van der Waals surface area contributed by atoms with E-state index in [2.05, 4.69) is 19.9 Å². The molecular weight excluding hydrogens is 156 g/mol. The maximum atomic E-state index is 10.9. The van der Waals surface area contributed by atoms with Crippen LogP contribution in [0, 0.1) is 0 Å². The van der Waals surface area contributed by atoms with Crippen molar-refractivity contribution in [1.29, 1.82) is 0 Å². The van der Waals surface area contributed by atoms with Gasteiger partial charge in [-0.1, -0.05) is 13.8 Å². The average Bonchev–Trinajstić information content (AvgIpc) is 2.57. The maximum absolute atomic E-state index is 10.9. The smallest absolute Gasteiger partial charge is 0.276 e. The van der Waals surface area contributed by atoms with E-state index in [0.717, 1.165) is 0 Å². The highest BCUT2D eigenvalue weighted by Crippen LogP contribution is 1.94. The van der Waals surface area contributed by atoms with E-state index in [0.29, 0.717) is 11.2 Å². The molecule has 2 aromatic rings. The highest BCUT2D eigenvalue weighted by atomic mass is 16.1. The molecule has 0 fully saturated rings. The fourth-order valence-electron chi connectivity index (χ4n) is 0.776. The summed E-state index contributed by atoms with van der Waals surface area (Å²) >= 11 is 0. The molecule has 0 amide bonds. The van der Waals surface area contributed by atoms with Gasteiger partial charge in [-0.25, -0.2) is 9.97 Å². The van der Waals surface area contributed by atoms with Gasteiger partial charge in [-0.15, -0.1) is 0 Å². The molecule has 0 spiro atoms. The SMILES string of the molecule is CC.O=c1[nH]cnc2nc[nH]c12. The molecule has 2 N–H and O–H groups in total. The summed E-state index contributed by atoms with van der Waals surface area (Å²) in [7, 11) is 0. The van der Waals surface area contributed by atoms with Crippen molar-refractivity contribution in [2.75, 3.05) is 0 Å². The summed E-state index contributed by atoms with van der Waals surface area (Å²) < 4.78 is 0. The van der Waals surface area contributed by atoms with E-state index < -0.39 is 0 Å². The Morgan fingerprint density at radius 1 is 1.17 bits per heavy atom. The van der Waals surface area contributed by atoms with Crippen molar-refractivity contribution >= 4 is 11.2 Å². The standard InChI is InChI=1S/C5H4N4O.C2H6/c10-5-3-4(7-1-6-3)8-2-9-5;1-2/h1-2H,(H2,6,7,8,9,10);1-2H3. The lowest BCUT2D eigenvalue weighted by molar-refractivity contribution is 1.15. The first-order valence-corrected chi connectivity index (χ1v) is 3.75. The van der Waals surface area contributed by atoms with Gasteiger partial charge in [-0.2, -0.15) is 0 Å². The van der Waals surface area contributed by atoms with Crippen molar-refractivity contribution in [3.63, 3.8) is 0 Å². The lowest BCUT2D eigenvalue weighted by Crippen LogP contribution is -2.05. The highest BCUT2D eigenvalue weighted by Gasteiger charge is 1.97. The van der Waals surface area contributed by atoms with Gasteiger partial charge < -0.3 is 9.97 Å². The second-order valence-corrected chi connectivity index (χ2v) is 1.83. The third kappa shape index (κ3) is 1.34. The summed E-state index contributed by atoms with van der Waals surface area (Å²) in [4.78, 5) is 23.6. The summed E-state index contributed by atoms with van der Waals surface area (Å²) in [5, 5.41) is 0.